The molecule has 13 nitrogen and oxygen atoms in total. The van der Waals surface area contributed by atoms with Crippen molar-refractivity contribution in [2.75, 3.05) is 46.4 Å². The maximum atomic E-state index is 11.3. The number of hydrogen-bond acceptors (Lipinski definition) is 9. The second kappa shape index (κ2) is 23.0. The summed E-state index contributed by atoms with van der Waals surface area (Å²) in [5.41, 5.74) is 4.39. The molecule has 4 N–H and O–H groups in total. The van der Waals surface area contributed by atoms with Crippen molar-refractivity contribution in [2.45, 2.75) is 73.1 Å². The third kappa shape index (κ3) is 14.0. The average molecular weight is 767 g/mol. The number of methoxy groups -OCH3 is 1. The van der Waals surface area contributed by atoms with E-state index in [0.29, 0.717) is 0 Å². The first-order valence-corrected chi connectivity index (χ1v) is 19.8. The highest BCUT2D eigenvalue weighted by atomic mass is 32.1. The molecule has 6 heterocycles. The van der Waals surface area contributed by atoms with E-state index in [4.69, 9.17) is 0 Å². The van der Waals surface area contributed by atoms with E-state index < -0.39 is 6.09 Å². The fraction of sp³-hybridized carbons (Fsp3) is 0.474. The molecular weight excluding hydrogens is 713 g/mol. The van der Waals surface area contributed by atoms with Crippen LogP contribution in [-0.2, 0) is 19.1 Å². The van der Waals surface area contributed by atoms with Gasteiger partial charge in [0.25, 0.3) is 0 Å². The first-order chi connectivity index (χ1) is 25.6. The Balaban J connectivity index is 0.000000211. The van der Waals surface area contributed by atoms with Gasteiger partial charge < -0.3 is 35.1 Å². The van der Waals surface area contributed by atoms with Gasteiger partial charge in [-0.1, -0.05) is 46.6 Å². The summed E-state index contributed by atoms with van der Waals surface area (Å²) in [6, 6.07) is 10.9. The molecule has 53 heavy (non-hydrogen) atoms. The Morgan fingerprint density at radius 1 is 0.774 bits per heavy atom. The zero-order valence-electron chi connectivity index (χ0n) is 31.8. The van der Waals surface area contributed by atoms with Gasteiger partial charge in [-0.15, -0.1) is 22.7 Å². The molecule has 0 aliphatic carbocycles. The van der Waals surface area contributed by atoms with Crippen molar-refractivity contribution in [3.8, 4) is 21.0 Å². The Kier molecular flexibility index (Phi) is 18.5. The lowest BCUT2D eigenvalue weighted by Crippen LogP contribution is -2.38. The molecule has 0 radical (unpaired) electrons. The number of thiophene rings is 2. The number of amides is 4. The summed E-state index contributed by atoms with van der Waals surface area (Å²) < 4.78 is 6.97. The standard InChI is InChI=1S/C16H10N4S2.C8H14N2O3.C8H14N2O2.2C3H8/c1-2-10-11(20-8-19-10)3-9(1)13-4-15-16(21-13)5-14(22-15)12-6-17-7-18-12;1-13-8(12)9-6-7(11)10-4-2-3-5-10;1-7(11)9-6-8(12)10-4-2-3-5-10;2*1-3-2/h1-8H,(H,17,18)(H,19,20);2-6H2,1H3,(H,9,12);2-6H2,1H3,(H,9,11);2*3H2,1-2H3. The Morgan fingerprint density at radius 2 is 1.32 bits per heavy atom. The van der Waals surface area contributed by atoms with Gasteiger partial charge in [0, 0.05) is 47.4 Å². The molecule has 0 spiro atoms. The number of hydrogen-bond donors (Lipinski definition) is 4. The number of aromatic amines is 2. The lowest BCUT2D eigenvalue weighted by atomic mass is 10.1. The van der Waals surface area contributed by atoms with Crippen molar-refractivity contribution in [3.05, 3.63) is 49.2 Å². The number of alkyl carbamates (subject to hydrolysis) is 1. The van der Waals surface area contributed by atoms with Crippen LogP contribution < -0.4 is 10.6 Å². The molecule has 0 saturated carbocycles. The van der Waals surface area contributed by atoms with Crippen molar-refractivity contribution >= 4 is 66.9 Å². The minimum atomic E-state index is -0.562. The molecule has 4 amide bonds. The van der Waals surface area contributed by atoms with Crippen LogP contribution in [-0.4, -0.2) is 99.9 Å². The lowest BCUT2D eigenvalue weighted by molar-refractivity contribution is -0.131. The summed E-state index contributed by atoms with van der Waals surface area (Å²) in [6.45, 7) is 13.4. The van der Waals surface area contributed by atoms with Crippen molar-refractivity contribution < 1.29 is 23.9 Å². The summed E-state index contributed by atoms with van der Waals surface area (Å²) in [7, 11) is 1.27. The molecule has 2 aliphatic heterocycles. The van der Waals surface area contributed by atoms with Gasteiger partial charge in [-0.3, -0.25) is 14.4 Å². The number of rotatable bonds is 6. The molecule has 0 unspecified atom stereocenters. The third-order valence-electron chi connectivity index (χ3n) is 7.65. The highest BCUT2D eigenvalue weighted by molar-refractivity contribution is 7.31. The maximum absolute atomic E-state index is 11.3. The van der Waals surface area contributed by atoms with Gasteiger partial charge in [0.1, 0.15) is 6.54 Å². The first kappa shape index (κ1) is 42.7. The summed E-state index contributed by atoms with van der Waals surface area (Å²) in [5, 5.41) is 4.85. The number of carbonyl (C=O) groups excluding carboxylic acids is 4. The quantitative estimate of drug-likeness (QED) is 0.139. The van der Waals surface area contributed by atoms with Crippen LogP contribution in [0.25, 0.3) is 41.4 Å². The molecule has 4 aromatic heterocycles. The predicted molar refractivity (Wildman–Crippen MR) is 215 cm³/mol. The number of benzene rings is 1. The van der Waals surface area contributed by atoms with Gasteiger partial charge >= 0.3 is 6.09 Å². The number of imidazole rings is 2. The first-order valence-electron chi connectivity index (χ1n) is 18.2. The number of carbonyl (C=O) groups is 4. The molecule has 0 bridgehead atoms. The molecule has 2 saturated heterocycles. The van der Waals surface area contributed by atoms with Crippen LogP contribution in [0.1, 0.15) is 73.1 Å². The topological polar surface area (TPSA) is 165 Å². The number of ether oxygens (including phenoxy) is 1. The summed E-state index contributed by atoms with van der Waals surface area (Å²) in [6.07, 6.45) is 11.5. The van der Waals surface area contributed by atoms with Gasteiger partial charge in [-0.25, -0.2) is 14.8 Å². The van der Waals surface area contributed by atoms with Crippen molar-refractivity contribution in [3.63, 3.8) is 0 Å². The smallest absolute Gasteiger partial charge is 0.407 e. The lowest BCUT2D eigenvalue weighted by Gasteiger charge is -2.14. The highest BCUT2D eigenvalue weighted by Gasteiger charge is 2.18. The fourth-order valence-electron chi connectivity index (χ4n) is 5.17. The van der Waals surface area contributed by atoms with Crippen LogP contribution in [0, 0.1) is 0 Å². The van der Waals surface area contributed by atoms with E-state index in [2.05, 4.69) is 93.3 Å². The molecule has 288 valence electrons. The van der Waals surface area contributed by atoms with Gasteiger partial charge in [-0.2, -0.15) is 0 Å². The molecule has 0 atom stereocenters. The number of likely N-dealkylation sites (tertiary alicyclic amines) is 2. The van der Waals surface area contributed by atoms with Gasteiger partial charge in [-0.05, 0) is 55.5 Å². The van der Waals surface area contributed by atoms with Crippen LogP contribution in [0.4, 0.5) is 4.79 Å². The largest absolute Gasteiger partial charge is 0.453 e. The van der Waals surface area contributed by atoms with E-state index in [9.17, 15) is 19.2 Å². The van der Waals surface area contributed by atoms with Crippen LogP contribution in [0.3, 0.4) is 0 Å². The summed E-state index contributed by atoms with van der Waals surface area (Å²) in [5.74, 6) is -0.159. The molecule has 15 heteroatoms. The minimum absolute atomic E-state index is 0.0303. The second-order valence-corrected chi connectivity index (χ2v) is 14.6. The Hall–Kier alpha value is -4.76. The van der Waals surface area contributed by atoms with E-state index in [-0.39, 0.29) is 30.8 Å². The fourth-order valence-corrected chi connectivity index (χ4v) is 7.53. The van der Waals surface area contributed by atoms with E-state index in [1.54, 1.807) is 33.8 Å². The SMILES string of the molecule is CC(=O)NCC(=O)N1CCCC1.CCC.CCC.COC(=O)NCC(=O)N1CCCC1.c1ncc(-c2cc3sc(-c4ccc5nc[nH]c5c4)cc3s2)[nH]1. The normalized spacial score (nSPS) is 13.0. The van der Waals surface area contributed by atoms with Crippen LogP contribution in [0.5, 0.6) is 0 Å². The summed E-state index contributed by atoms with van der Waals surface area (Å²) >= 11 is 3.62. The van der Waals surface area contributed by atoms with Gasteiger partial charge in [0.15, 0.2) is 0 Å². The molecule has 2 aliphatic rings. The Bertz CT molecular complexity index is 1800. The predicted octanol–water partition coefficient (Wildman–Crippen LogP) is 7.44. The number of nitrogens with one attached hydrogen (secondary N) is 4. The van der Waals surface area contributed by atoms with Crippen molar-refractivity contribution in [2.24, 2.45) is 0 Å². The summed E-state index contributed by atoms with van der Waals surface area (Å²) in [4.78, 5) is 64.4. The van der Waals surface area contributed by atoms with E-state index in [0.717, 1.165) is 68.6 Å². The van der Waals surface area contributed by atoms with Gasteiger partial charge in [0.05, 0.1) is 54.1 Å². The number of H-pyrrole nitrogens is 2. The number of fused-ring (bicyclic) bond motifs is 2. The van der Waals surface area contributed by atoms with E-state index in [1.807, 2.05) is 17.5 Å². The highest BCUT2D eigenvalue weighted by Crippen LogP contribution is 2.41. The third-order valence-corrected chi connectivity index (χ3v) is 10.0. The Labute approximate surface area is 319 Å². The molecule has 2 fully saturated rings. The second-order valence-electron chi connectivity index (χ2n) is 12.4. The van der Waals surface area contributed by atoms with E-state index in [1.165, 1.54) is 51.6 Å². The monoisotopic (exact) mass is 766 g/mol. The molecule has 5 aromatic rings. The number of aromatic nitrogens is 4. The minimum Gasteiger partial charge on any atom is -0.453 e. The zero-order valence-corrected chi connectivity index (χ0v) is 33.4. The zero-order chi connectivity index (χ0) is 38.6. The van der Waals surface area contributed by atoms with Gasteiger partial charge in [0.2, 0.25) is 17.7 Å². The van der Waals surface area contributed by atoms with Crippen LogP contribution >= 0.6 is 22.7 Å². The maximum Gasteiger partial charge on any atom is 0.407 e. The average Bonchev–Trinajstić information content (AvgIpc) is 3.99. The molecule has 1 aromatic carbocycles. The van der Waals surface area contributed by atoms with Crippen LogP contribution in [0.15, 0.2) is 49.2 Å². The van der Waals surface area contributed by atoms with E-state index >= 15 is 0 Å². The number of nitrogens with zero attached hydrogens (tertiary/aromatic N) is 4. The van der Waals surface area contributed by atoms with Crippen LogP contribution in [0.2, 0.25) is 0 Å². The van der Waals surface area contributed by atoms with Crippen molar-refractivity contribution in [1.82, 2.24) is 40.4 Å². The van der Waals surface area contributed by atoms with Crippen molar-refractivity contribution in [1.29, 1.82) is 0 Å². The molecular formula is C38H54N8O5S2. The molecule has 7 rings (SSSR count). The Morgan fingerprint density at radius 3 is 1.85 bits per heavy atom.